The Labute approximate surface area is 121 Å². The summed E-state index contributed by atoms with van der Waals surface area (Å²) in [4.78, 5) is 0. The van der Waals surface area contributed by atoms with Gasteiger partial charge in [-0.1, -0.05) is 12.1 Å². The van der Waals surface area contributed by atoms with Crippen LogP contribution >= 0.6 is 11.3 Å². The molecule has 0 atom stereocenters. The minimum atomic E-state index is -3.59. The summed E-state index contributed by atoms with van der Waals surface area (Å²) in [6, 6.07) is 7.15. The van der Waals surface area contributed by atoms with E-state index < -0.39 is 10.0 Å². The number of hydrogen-bond donors (Lipinski definition) is 1. The van der Waals surface area contributed by atoms with Gasteiger partial charge in [0.1, 0.15) is 10.0 Å². The first kappa shape index (κ1) is 15.1. The second-order valence-electron chi connectivity index (χ2n) is 4.32. The maximum atomic E-state index is 12.8. The van der Waals surface area contributed by atoms with Gasteiger partial charge in [0.05, 0.1) is 6.61 Å². The van der Waals surface area contributed by atoms with Crippen molar-refractivity contribution in [2.45, 2.75) is 17.4 Å². The molecule has 1 heterocycles. The Hall–Kier alpha value is -1.28. The van der Waals surface area contributed by atoms with Crippen molar-refractivity contribution in [3.05, 3.63) is 52.7 Å². The van der Waals surface area contributed by atoms with E-state index in [1.54, 1.807) is 17.5 Å². The fourth-order valence-electron chi connectivity index (χ4n) is 1.66. The zero-order valence-corrected chi connectivity index (χ0v) is 12.4. The molecule has 20 heavy (non-hydrogen) atoms. The Bertz CT molecular complexity index is 680. The first-order valence-electron chi connectivity index (χ1n) is 5.82. The average molecular weight is 315 g/mol. The normalized spacial score (nSPS) is 12.0. The third-order valence-electron chi connectivity index (χ3n) is 2.80. The van der Waals surface area contributed by atoms with Crippen LogP contribution in [-0.2, 0) is 23.2 Å². The van der Waals surface area contributed by atoms with Crippen molar-refractivity contribution in [2.24, 2.45) is 0 Å². The largest absolute Gasteiger partial charge is 0.392 e. The van der Waals surface area contributed by atoms with Crippen LogP contribution in [-0.4, -0.2) is 24.9 Å². The molecule has 0 saturated carbocycles. The Morgan fingerprint density at radius 3 is 2.45 bits per heavy atom. The standard InChI is InChI=1S/C13H14FNO3S2/c1-15(7-10-2-4-12(14)5-3-10)20(17,18)13-6-11(8-16)9-19-13/h2-6,9,16H,7-8H2,1H3. The van der Waals surface area contributed by atoms with E-state index in [0.717, 1.165) is 11.3 Å². The van der Waals surface area contributed by atoms with Crippen molar-refractivity contribution in [1.29, 1.82) is 0 Å². The molecule has 108 valence electrons. The molecule has 0 radical (unpaired) electrons. The lowest BCUT2D eigenvalue weighted by atomic mass is 10.2. The summed E-state index contributed by atoms with van der Waals surface area (Å²) in [5.74, 6) is -0.356. The SMILES string of the molecule is CN(Cc1ccc(F)cc1)S(=O)(=O)c1cc(CO)cs1. The molecule has 0 amide bonds. The zero-order chi connectivity index (χ0) is 14.8. The first-order chi connectivity index (χ1) is 9.43. The lowest BCUT2D eigenvalue weighted by Crippen LogP contribution is -2.25. The Balaban J connectivity index is 2.18. The molecular formula is C13H14FNO3S2. The van der Waals surface area contributed by atoms with E-state index in [0.29, 0.717) is 11.1 Å². The maximum absolute atomic E-state index is 12.8. The average Bonchev–Trinajstić information content (AvgIpc) is 2.90. The molecule has 1 aromatic heterocycles. The van der Waals surface area contributed by atoms with Gasteiger partial charge in [-0.2, -0.15) is 4.31 Å². The minimum Gasteiger partial charge on any atom is -0.392 e. The lowest BCUT2D eigenvalue weighted by molar-refractivity contribution is 0.282. The molecule has 0 fully saturated rings. The predicted molar refractivity (Wildman–Crippen MR) is 75.3 cm³/mol. The number of benzene rings is 1. The first-order valence-corrected chi connectivity index (χ1v) is 8.14. The van der Waals surface area contributed by atoms with Crippen LogP contribution in [0, 0.1) is 5.82 Å². The van der Waals surface area contributed by atoms with Crippen molar-refractivity contribution < 1.29 is 17.9 Å². The molecule has 0 aliphatic carbocycles. The molecule has 1 N–H and O–H groups in total. The molecule has 0 unspecified atom stereocenters. The molecular weight excluding hydrogens is 301 g/mol. The van der Waals surface area contributed by atoms with Crippen LogP contribution in [0.1, 0.15) is 11.1 Å². The number of sulfonamides is 1. The molecule has 0 aliphatic heterocycles. The quantitative estimate of drug-likeness (QED) is 0.920. The van der Waals surface area contributed by atoms with Crippen LogP contribution in [0.15, 0.2) is 39.9 Å². The smallest absolute Gasteiger partial charge is 0.252 e. The van der Waals surface area contributed by atoms with Gasteiger partial charge in [0.15, 0.2) is 0 Å². The van der Waals surface area contributed by atoms with Gasteiger partial charge in [0.25, 0.3) is 10.0 Å². The summed E-state index contributed by atoms with van der Waals surface area (Å²) in [6.07, 6.45) is 0. The number of aliphatic hydroxyl groups excluding tert-OH is 1. The van der Waals surface area contributed by atoms with E-state index >= 15 is 0 Å². The van der Waals surface area contributed by atoms with Crippen molar-refractivity contribution in [1.82, 2.24) is 4.31 Å². The fraction of sp³-hybridized carbons (Fsp3) is 0.231. The van der Waals surface area contributed by atoms with Crippen molar-refractivity contribution in [3.8, 4) is 0 Å². The molecule has 1 aromatic carbocycles. The number of rotatable bonds is 5. The molecule has 7 heteroatoms. The number of nitrogens with zero attached hydrogens (tertiary/aromatic N) is 1. The Morgan fingerprint density at radius 2 is 1.90 bits per heavy atom. The zero-order valence-electron chi connectivity index (χ0n) is 10.8. The van der Waals surface area contributed by atoms with Crippen LogP contribution in [0.4, 0.5) is 4.39 Å². The highest BCUT2D eigenvalue weighted by molar-refractivity contribution is 7.91. The van der Waals surface area contributed by atoms with Crippen molar-refractivity contribution in [2.75, 3.05) is 7.05 Å². The highest BCUT2D eigenvalue weighted by Crippen LogP contribution is 2.24. The monoisotopic (exact) mass is 315 g/mol. The topological polar surface area (TPSA) is 57.6 Å². The fourth-order valence-corrected chi connectivity index (χ4v) is 4.23. The minimum absolute atomic E-state index is 0.162. The van der Waals surface area contributed by atoms with E-state index in [1.807, 2.05) is 0 Å². The third-order valence-corrected chi connectivity index (χ3v) is 6.06. The summed E-state index contributed by atoms with van der Waals surface area (Å²) >= 11 is 1.07. The second kappa shape index (κ2) is 6.01. The van der Waals surface area contributed by atoms with Crippen molar-refractivity contribution >= 4 is 21.4 Å². The van der Waals surface area contributed by atoms with Gasteiger partial charge in [0.2, 0.25) is 0 Å². The maximum Gasteiger partial charge on any atom is 0.252 e. The second-order valence-corrected chi connectivity index (χ2v) is 7.50. The van der Waals surface area contributed by atoms with Crippen LogP contribution in [0.25, 0.3) is 0 Å². The number of aliphatic hydroxyl groups is 1. The van der Waals surface area contributed by atoms with E-state index in [1.165, 1.54) is 29.6 Å². The number of thiophene rings is 1. The van der Waals surface area contributed by atoms with Gasteiger partial charge in [-0.25, -0.2) is 12.8 Å². The van der Waals surface area contributed by atoms with Gasteiger partial charge in [-0.05, 0) is 34.7 Å². The molecule has 0 aliphatic rings. The summed E-state index contributed by atoms with van der Waals surface area (Å²) in [5.41, 5.74) is 1.28. The van der Waals surface area contributed by atoms with Crippen LogP contribution in [0.2, 0.25) is 0 Å². The molecule has 4 nitrogen and oxygen atoms in total. The molecule has 0 spiro atoms. The third kappa shape index (κ3) is 3.24. The van der Waals surface area contributed by atoms with Gasteiger partial charge in [-0.15, -0.1) is 11.3 Å². The molecule has 2 aromatic rings. The van der Waals surface area contributed by atoms with Crippen LogP contribution < -0.4 is 0 Å². The number of hydrogen-bond acceptors (Lipinski definition) is 4. The summed E-state index contributed by atoms with van der Waals surface area (Å²) < 4.78 is 38.8. The molecule has 0 saturated heterocycles. The lowest BCUT2D eigenvalue weighted by Gasteiger charge is -2.16. The Morgan fingerprint density at radius 1 is 1.25 bits per heavy atom. The molecule has 2 rings (SSSR count). The van der Waals surface area contributed by atoms with Crippen LogP contribution in [0.5, 0.6) is 0 Å². The van der Waals surface area contributed by atoms with E-state index in [4.69, 9.17) is 5.11 Å². The summed E-state index contributed by atoms with van der Waals surface area (Å²) in [7, 11) is -2.12. The Kier molecular flexibility index (Phi) is 4.54. The predicted octanol–water partition coefficient (Wildman–Crippen LogP) is 2.20. The summed E-state index contributed by atoms with van der Waals surface area (Å²) in [6.45, 7) is -0.0251. The highest BCUT2D eigenvalue weighted by Gasteiger charge is 2.22. The van der Waals surface area contributed by atoms with Gasteiger partial charge in [0, 0.05) is 13.6 Å². The van der Waals surface area contributed by atoms with E-state index in [-0.39, 0.29) is 23.2 Å². The van der Waals surface area contributed by atoms with Crippen molar-refractivity contribution in [3.63, 3.8) is 0 Å². The van der Waals surface area contributed by atoms with Gasteiger partial charge < -0.3 is 5.11 Å². The van der Waals surface area contributed by atoms with E-state index in [2.05, 4.69) is 0 Å². The highest BCUT2D eigenvalue weighted by atomic mass is 32.2. The van der Waals surface area contributed by atoms with Gasteiger partial charge >= 0.3 is 0 Å². The van der Waals surface area contributed by atoms with Crippen LogP contribution in [0.3, 0.4) is 0 Å². The number of halogens is 1. The molecule has 0 bridgehead atoms. The van der Waals surface area contributed by atoms with E-state index in [9.17, 15) is 12.8 Å². The summed E-state index contributed by atoms with van der Waals surface area (Å²) in [5, 5.41) is 10.6. The van der Waals surface area contributed by atoms with Gasteiger partial charge in [-0.3, -0.25) is 0 Å².